The third-order valence-corrected chi connectivity index (χ3v) is 1.52. The maximum absolute atomic E-state index is 5.26. The zero-order valence-corrected chi connectivity index (χ0v) is 6.18. The molecule has 0 aromatic carbocycles. The van der Waals surface area contributed by atoms with E-state index < -0.39 is 0 Å². The monoisotopic (exact) mass is 126 g/mol. The third kappa shape index (κ3) is 1.74. The molecule has 1 atom stereocenters. The Bertz CT molecular complexity index is 108. The first-order valence-electron chi connectivity index (χ1n) is 3.53. The predicted molar refractivity (Wildman–Crippen MR) is 38.1 cm³/mol. The summed E-state index contributed by atoms with van der Waals surface area (Å²) in [4.78, 5) is 0. The molecule has 0 saturated carbocycles. The fraction of sp³-hybridized carbons (Fsp3) is 0.750. The van der Waals surface area contributed by atoms with Crippen molar-refractivity contribution in [1.82, 2.24) is 0 Å². The number of hydrogen-bond donors (Lipinski definition) is 0. The molecule has 52 valence electrons. The summed E-state index contributed by atoms with van der Waals surface area (Å²) < 4.78 is 5.26. The van der Waals surface area contributed by atoms with Gasteiger partial charge in [0.15, 0.2) is 0 Å². The molecule has 0 radical (unpaired) electrons. The molecule has 0 bridgehead atoms. The molecule has 0 N–H and O–H groups in total. The highest BCUT2D eigenvalue weighted by atomic mass is 16.5. The summed E-state index contributed by atoms with van der Waals surface area (Å²) in [6.45, 7) is 8.12. The van der Waals surface area contributed by atoms with Crippen molar-refractivity contribution in [2.45, 2.75) is 32.8 Å². The van der Waals surface area contributed by atoms with E-state index in [1.807, 2.05) is 0 Å². The minimum absolute atomic E-state index is 0.484. The second kappa shape index (κ2) is 2.42. The van der Waals surface area contributed by atoms with Crippen molar-refractivity contribution in [2.75, 3.05) is 0 Å². The van der Waals surface area contributed by atoms with Gasteiger partial charge in [-0.3, -0.25) is 0 Å². The van der Waals surface area contributed by atoms with Crippen LogP contribution in [0.25, 0.3) is 0 Å². The first-order chi connectivity index (χ1) is 4.18. The van der Waals surface area contributed by atoms with Crippen LogP contribution in [0, 0.1) is 5.92 Å². The lowest BCUT2D eigenvalue weighted by atomic mass is 9.99. The van der Waals surface area contributed by atoms with Crippen LogP contribution in [0.4, 0.5) is 0 Å². The minimum Gasteiger partial charge on any atom is -0.495 e. The second-order valence-corrected chi connectivity index (χ2v) is 3.11. The zero-order valence-electron chi connectivity index (χ0n) is 6.18. The van der Waals surface area contributed by atoms with Gasteiger partial charge >= 0.3 is 0 Å². The van der Waals surface area contributed by atoms with Crippen LogP contribution in [0.3, 0.4) is 0 Å². The lowest BCUT2D eigenvalue weighted by Gasteiger charge is -2.31. The highest BCUT2D eigenvalue weighted by Gasteiger charge is 2.23. The number of ether oxygens (including phenoxy) is 1. The third-order valence-electron chi connectivity index (χ3n) is 1.52. The average Bonchev–Trinajstić information content (AvgIpc) is 1.60. The molecule has 1 heterocycles. The van der Waals surface area contributed by atoms with Gasteiger partial charge in [0.25, 0.3) is 0 Å². The van der Waals surface area contributed by atoms with E-state index in [0.29, 0.717) is 6.10 Å². The predicted octanol–water partition coefficient (Wildman–Crippen LogP) is 2.34. The normalized spacial score (nSPS) is 25.7. The fourth-order valence-corrected chi connectivity index (χ4v) is 1.14. The van der Waals surface area contributed by atoms with Crippen molar-refractivity contribution in [3.05, 3.63) is 12.3 Å². The van der Waals surface area contributed by atoms with Crippen LogP contribution >= 0.6 is 0 Å². The molecule has 1 aliphatic rings. The maximum atomic E-state index is 5.26. The Hall–Kier alpha value is -0.460. The molecule has 0 aromatic heterocycles. The van der Waals surface area contributed by atoms with E-state index in [1.54, 1.807) is 0 Å². The van der Waals surface area contributed by atoms with Crippen molar-refractivity contribution in [3.8, 4) is 0 Å². The van der Waals surface area contributed by atoms with E-state index in [-0.39, 0.29) is 0 Å². The van der Waals surface area contributed by atoms with Gasteiger partial charge in [-0.15, -0.1) is 0 Å². The highest BCUT2D eigenvalue weighted by molar-refractivity contribution is 4.96. The molecule has 1 saturated heterocycles. The first-order valence-corrected chi connectivity index (χ1v) is 3.53. The van der Waals surface area contributed by atoms with Gasteiger partial charge in [0.1, 0.15) is 6.10 Å². The summed E-state index contributed by atoms with van der Waals surface area (Å²) >= 11 is 0. The van der Waals surface area contributed by atoms with Gasteiger partial charge in [0.2, 0.25) is 0 Å². The molecule has 0 aromatic rings. The van der Waals surface area contributed by atoms with Gasteiger partial charge in [0, 0.05) is 6.42 Å². The van der Waals surface area contributed by atoms with Crippen molar-refractivity contribution in [2.24, 2.45) is 5.92 Å². The smallest absolute Gasteiger partial charge is 0.105 e. The van der Waals surface area contributed by atoms with Crippen molar-refractivity contribution in [1.29, 1.82) is 0 Å². The molecule has 1 aliphatic heterocycles. The molecule has 1 fully saturated rings. The molecule has 1 rings (SSSR count). The van der Waals surface area contributed by atoms with Crippen molar-refractivity contribution in [3.63, 3.8) is 0 Å². The van der Waals surface area contributed by atoms with Crippen LogP contribution in [-0.4, -0.2) is 6.10 Å². The first kappa shape index (κ1) is 6.66. The lowest BCUT2D eigenvalue weighted by molar-refractivity contribution is 0.00757. The van der Waals surface area contributed by atoms with E-state index in [1.165, 1.54) is 6.42 Å². The Kier molecular flexibility index (Phi) is 1.79. The molecule has 1 nitrogen and oxygen atoms in total. The Morgan fingerprint density at radius 3 is 2.67 bits per heavy atom. The molecule has 1 unspecified atom stereocenters. The SMILES string of the molecule is C=C1CC(CC(C)C)O1. The zero-order chi connectivity index (χ0) is 6.85. The Morgan fingerprint density at radius 1 is 1.78 bits per heavy atom. The van der Waals surface area contributed by atoms with Crippen LogP contribution in [0.2, 0.25) is 0 Å². The van der Waals surface area contributed by atoms with Gasteiger partial charge in [-0.1, -0.05) is 20.4 Å². The van der Waals surface area contributed by atoms with Gasteiger partial charge in [-0.2, -0.15) is 0 Å². The van der Waals surface area contributed by atoms with E-state index in [0.717, 1.165) is 18.1 Å². The highest BCUT2D eigenvalue weighted by Crippen LogP contribution is 2.27. The lowest BCUT2D eigenvalue weighted by Crippen LogP contribution is -2.25. The van der Waals surface area contributed by atoms with Gasteiger partial charge in [-0.05, 0) is 12.3 Å². The average molecular weight is 126 g/mol. The molecule has 0 amide bonds. The number of hydrogen-bond acceptors (Lipinski definition) is 1. The summed E-state index contributed by atoms with van der Waals surface area (Å²) in [6, 6.07) is 0. The van der Waals surface area contributed by atoms with Gasteiger partial charge in [-0.25, -0.2) is 0 Å². The Balaban J connectivity index is 2.11. The van der Waals surface area contributed by atoms with E-state index >= 15 is 0 Å². The van der Waals surface area contributed by atoms with Crippen molar-refractivity contribution >= 4 is 0 Å². The number of rotatable bonds is 2. The van der Waals surface area contributed by atoms with Crippen LogP contribution in [0.5, 0.6) is 0 Å². The van der Waals surface area contributed by atoms with E-state index in [9.17, 15) is 0 Å². The Labute approximate surface area is 56.7 Å². The van der Waals surface area contributed by atoms with Crippen LogP contribution in [-0.2, 0) is 4.74 Å². The maximum Gasteiger partial charge on any atom is 0.105 e. The van der Waals surface area contributed by atoms with E-state index in [4.69, 9.17) is 4.74 Å². The fourth-order valence-electron chi connectivity index (χ4n) is 1.14. The molecular weight excluding hydrogens is 112 g/mol. The quantitative estimate of drug-likeness (QED) is 0.551. The summed E-state index contributed by atoms with van der Waals surface area (Å²) in [5, 5.41) is 0. The standard InChI is InChI=1S/C8H14O/c1-6(2)4-8-5-7(3)9-8/h6,8H,3-5H2,1-2H3. The van der Waals surface area contributed by atoms with Crippen LogP contribution in [0.1, 0.15) is 26.7 Å². The summed E-state index contributed by atoms with van der Waals surface area (Å²) in [7, 11) is 0. The minimum atomic E-state index is 0.484. The van der Waals surface area contributed by atoms with Gasteiger partial charge in [0.05, 0.1) is 5.76 Å². The molecule has 1 heteroatoms. The van der Waals surface area contributed by atoms with Crippen molar-refractivity contribution < 1.29 is 4.74 Å². The molecular formula is C8H14O. The summed E-state index contributed by atoms with van der Waals surface area (Å²) in [6.07, 6.45) is 2.74. The van der Waals surface area contributed by atoms with Gasteiger partial charge < -0.3 is 4.74 Å². The van der Waals surface area contributed by atoms with E-state index in [2.05, 4.69) is 20.4 Å². The van der Waals surface area contributed by atoms with Crippen LogP contribution in [0.15, 0.2) is 12.3 Å². The topological polar surface area (TPSA) is 9.23 Å². The molecule has 0 spiro atoms. The second-order valence-electron chi connectivity index (χ2n) is 3.11. The summed E-state index contributed by atoms with van der Waals surface area (Å²) in [5.74, 6) is 1.71. The molecule has 9 heavy (non-hydrogen) atoms. The van der Waals surface area contributed by atoms with Crippen LogP contribution < -0.4 is 0 Å². The molecule has 0 aliphatic carbocycles. The Morgan fingerprint density at radius 2 is 2.33 bits per heavy atom. The largest absolute Gasteiger partial charge is 0.495 e. The summed E-state index contributed by atoms with van der Waals surface area (Å²) in [5.41, 5.74) is 0.